The van der Waals surface area contributed by atoms with E-state index < -0.39 is 5.82 Å². The first-order valence-electron chi connectivity index (χ1n) is 9.38. The maximum atomic E-state index is 13.4. The zero-order valence-corrected chi connectivity index (χ0v) is 17.1. The number of benzene rings is 2. The van der Waals surface area contributed by atoms with E-state index in [4.69, 9.17) is 5.73 Å². The Morgan fingerprint density at radius 1 is 1.17 bits per heavy atom. The van der Waals surface area contributed by atoms with Gasteiger partial charge >= 0.3 is 0 Å². The molecular formula is C22H20FN5OS. The van der Waals surface area contributed by atoms with E-state index in [-0.39, 0.29) is 5.91 Å². The number of carbonyl (C=O) groups is 1. The number of rotatable bonds is 6. The van der Waals surface area contributed by atoms with Crippen LogP contribution in [0.15, 0.2) is 60.9 Å². The summed E-state index contributed by atoms with van der Waals surface area (Å²) in [6.45, 7) is 1.14. The minimum absolute atomic E-state index is 0.309. The first-order chi connectivity index (χ1) is 14.5. The van der Waals surface area contributed by atoms with Gasteiger partial charge in [0.1, 0.15) is 11.3 Å². The van der Waals surface area contributed by atoms with Crippen molar-refractivity contribution in [3.8, 4) is 11.1 Å². The summed E-state index contributed by atoms with van der Waals surface area (Å²) in [6.07, 6.45) is 3.49. The number of likely N-dealkylation sites (N-methyl/N-ethyl adjacent to an activating group) is 1. The fourth-order valence-corrected chi connectivity index (χ4v) is 4.10. The second-order valence-corrected chi connectivity index (χ2v) is 7.80. The van der Waals surface area contributed by atoms with E-state index in [0.717, 1.165) is 27.0 Å². The van der Waals surface area contributed by atoms with Gasteiger partial charge in [0.05, 0.1) is 10.4 Å². The number of nitrogens with zero attached hydrogens (tertiary/aromatic N) is 3. The van der Waals surface area contributed by atoms with Gasteiger partial charge in [-0.05, 0) is 53.6 Å². The summed E-state index contributed by atoms with van der Waals surface area (Å²) >= 11 is 1.30. The second-order valence-electron chi connectivity index (χ2n) is 6.77. The van der Waals surface area contributed by atoms with Gasteiger partial charge in [-0.25, -0.2) is 9.37 Å². The minimum atomic E-state index is -0.412. The Morgan fingerprint density at radius 3 is 2.70 bits per heavy atom. The van der Waals surface area contributed by atoms with Crippen molar-refractivity contribution in [1.82, 2.24) is 9.97 Å². The van der Waals surface area contributed by atoms with Gasteiger partial charge in [-0.15, -0.1) is 11.3 Å². The average Bonchev–Trinajstić information content (AvgIpc) is 3.18. The maximum Gasteiger partial charge on any atom is 0.284 e. The summed E-state index contributed by atoms with van der Waals surface area (Å²) in [4.78, 5) is 23.4. The van der Waals surface area contributed by atoms with Crippen molar-refractivity contribution in [3.63, 3.8) is 0 Å². The van der Waals surface area contributed by atoms with E-state index in [2.05, 4.69) is 15.3 Å². The number of fused-ring (bicyclic) bond motifs is 1. The molecule has 0 aliphatic carbocycles. The molecule has 0 fully saturated rings. The van der Waals surface area contributed by atoms with Crippen molar-refractivity contribution in [2.75, 3.05) is 30.4 Å². The molecule has 0 aliphatic heterocycles. The number of anilines is 2. The fraction of sp³-hybridized carbons (Fsp3) is 0.136. The van der Waals surface area contributed by atoms with Crippen molar-refractivity contribution in [2.24, 2.45) is 5.73 Å². The molecule has 3 N–H and O–H groups in total. The lowest BCUT2D eigenvalue weighted by Crippen LogP contribution is -2.25. The highest BCUT2D eigenvalue weighted by atomic mass is 32.1. The number of hydrogen-bond acceptors (Lipinski definition) is 6. The number of aromatic nitrogens is 2. The molecule has 1 amide bonds. The molecule has 30 heavy (non-hydrogen) atoms. The molecular weight excluding hydrogens is 401 g/mol. The molecule has 0 saturated carbocycles. The van der Waals surface area contributed by atoms with Gasteiger partial charge in [-0.3, -0.25) is 9.78 Å². The van der Waals surface area contributed by atoms with E-state index in [1.54, 1.807) is 24.5 Å². The molecule has 4 aromatic rings. The molecule has 2 heterocycles. The third kappa shape index (κ3) is 4.14. The molecule has 0 saturated heterocycles. The third-order valence-electron chi connectivity index (χ3n) is 4.64. The van der Waals surface area contributed by atoms with E-state index in [9.17, 15) is 9.18 Å². The molecule has 0 unspecified atom stereocenters. The van der Waals surface area contributed by atoms with Gasteiger partial charge in [0, 0.05) is 38.2 Å². The molecule has 0 aliphatic rings. The number of halogens is 1. The topological polar surface area (TPSA) is 84.1 Å². The lowest BCUT2D eigenvalue weighted by Gasteiger charge is -2.19. The normalized spacial score (nSPS) is 10.9. The first kappa shape index (κ1) is 19.9. The molecule has 0 atom stereocenters. The molecule has 152 valence electrons. The van der Waals surface area contributed by atoms with Gasteiger partial charge in [0.2, 0.25) is 0 Å². The quantitative estimate of drug-likeness (QED) is 0.489. The number of nitrogens with one attached hydrogen (secondary N) is 1. The van der Waals surface area contributed by atoms with E-state index in [0.29, 0.717) is 23.8 Å². The summed E-state index contributed by atoms with van der Waals surface area (Å²) in [7, 11) is 1.95. The zero-order valence-electron chi connectivity index (χ0n) is 16.3. The van der Waals surface area contributed by atoms with Gasteiger partial charge in [0.25, 0.3) is 5.91 Å². The van der Waals surface area contributed by atoms with Crippen LogP contribution in [0.1, 0.15) is 9.80 Å². The van der Waals surface area contributed by atoms with Crippen LogP contribution in [0.4, 0.5) is 15.8 Å². The van der Waals surface area contributed by atoms with Crippen molar-refractivity contribution >= 4 is 38.8 Å². The molecule has 6 nitrogen and oxygen atoms in total. The van der Waals surface area contributed by atoms with Crippen LogP contribution in [0.3, 0.4) is 0 Å². The van der Waals surface area contributed by atoms with Gasteiger partial charge < -0.3 is 16.0 Å². The lowest BCUT2D eigenvalue weighted by atomic mass is 10.1. The molecule has 0 radical (unpaired) electrons. The monoisotopic (exact) mass is 421 g/mol. The van der Waals surface area contributed by atoms with Gasteiger partial charge in [0.15, 0.2) is 5.01 Å². The van der Waals surface area contributed by atoms with Crippen LogP contribution in [-0.2, 0) is 0 Å². The van der Waals surface area contributed by atoms with Crippen LogP contribution < -0.4 is 16.0 Å². The molecule has 0 spiro atoms. The van der Waals surface area contributed by atoms with Crippen molar-refractivity contribution in [1.29, 1.82) is 0 Å². The lowest BCUT2D eigenvalue weighted by molar-refractivity contribution is 0.102. The SMILES string of the molecule is CN(CCN)c1cc(-c2ccncc2)cc2sc(C(=O)Nc3cccc(F)c3)nc12. The first-order valence-corrected chi connectivity index (χ1v) is 10.2. The molecule has 0 bridgehead atoms. The number of hydrogen-bond donors (Lipinski definition) is 2. The van der Waals surface area contributed by atoms with Crippen LogP contribution >= 0.6 is 11.3 Å². The maximum absolute atomic E-state index is 13.4. The van der Waals surface area contributed by atoms with Crippen LogP contribution in [0, 0.1) is 5.82 Å². The Labute approximate surface area is 177 Å². The molecule has 2 aromatic carbocycles. The standard InChI is InChI=1S/C22H20FN5OS/c1-28(10-7-24)18-11-15(14-5-8-25-9-6-14)12-19-20(18)27-22(30-19)21(29)26-17-4-2-3-16(23)13-17/h2-6,8-9,11-13H,7,10,24H2,1H3,(H,26,29). The Hall–Kier alpha value is -3.36. The third-order valence-corrected chi connectivity index (χ3v) is 5.64. The number of carbonyl (C=O) groups excluding carboxylic acids is 1. The van der Waals surface area contributed by atoms with Crippen LogP contribution in [0.2, 0.25) is 0 Å². The number of nitrogens with two attached hydrogens (primary N) is 1. The van der Waals surface area contributed by atoms with Crippen molar-refractivity contribution < 1.29 is 9.18 Å². The minimum Gasteiger partial charge on any atom is -0.372 e. The predicted octanol–water partition coefficient (Wildman–Crippen LogP) is 4.14. The molecule has 4 rings (SSSR count). The van der Waals surface area contributed by atoms with Gasteiger partial charge in [-0.1, -0.05) is 6.07 Å². The smallest absolute Gasteiger partial charge is 0.284 e. The average molecular weight is 422 g/mol. The van der Waals surface area contributed by atoms with E-state index in [1.807, 2.05) is 36.2 Å². The predicted molar refractivity (Wildman–Crippen MR) is 120 cm³/mol. The number of thiazole rings is 1. The van der Waals surface area contributed by atoms with E-state index >= 15 is 0 Å². The highest BCUT2D eigenvalue weighted by Gasteiger charge is 2.18. The largest absolute Gasteiger partial charge is 0.372 e. The van der Waals surface area contributed by atoms with Crippen molar-refractivity contribution in [3.05, 3.63) is 71.7 Å². The second kappa shape index (κ2) is 8.56. The Kier molecular flexibility index (Phi) is 5.69. The Balaban J connectivity index is 1.76. The van der Waals surface area contributed by atoms with Crippen LogP contribution in [0.25, 0.3) is 21.3 Å². The Morgan fingerprint density at radius 2 is 1.97 bits per heavy atom. The summed E-state index contributed by atoms with van der Waals surface area (Å²) < 4.78 is 14.3. The summed E-state index contributed by atoms with van der Waals surface area (Å²) in [6, 6.07) is 13.7. The summed E-state index contributed by atoms with van der Waals surface area (Å²) in [5.74, 6) is -0.788. The Bertz CT molecular complexity index is 1190. The highest BCUT2D eigenvalue weighted by molar-refractivity contribution is 7.20. The zero-order chi connectivity index (χ0) is 21.1. The molecule has 2 aromatic heterocycles. The number of amides is 1. The van der Waals surface area contributed by atoms with Crippen LogP contribution in [-0.4, -0.2) is 36.0 Å². The fourth-order valence-electron chi connectivity index (χ4n) is 3.18. The van der Waals surface area contributed by atoms with E-state index in [1.165, 1.54) is 23.5 Å². The van der Waals surface area contributed by atoms with Crippen molar-refractivity contribution in [2.45, 2.75) is 0 Å². The summed E-state index contributed by atoms with van der Waals surface area (Å²) in [5.41, 5.74) is 9.79. The van der Waals surface area contributed by atoms with Crippen LogP contribution in [0.5, 0.6) is 0 Å². The number of pyridine rings is 1. The summed E-state index contributed by atoms with van der Waals surface area (Å²) in [5, 5.41) is 3.02. The molecule has 8 heteroatoms. The highest BCUT2D eigenvalue weighted by Crippen LogP contribution is 2.35. The van der Waals surface area contributed by atoms with Gasteiger partial charge in [-0.2, -0.15) is 0 Å².